The van der Waals surface area contributed by atoms with Gasteiger partial charge in [-0.3, -0.25) is 9.36 Å². The monoisotopic (exact) mass is 448 g/mol. The van der Waals surface area contributed by atoms with E-state index in [1.165, 1.54) is 0 Å². The summed E-state index contributed by atoms with van der Waals surface area (Å²) in [6.07, 6.45) is 1.76. The van der Waals surface area contributed by atoms with Crippen LogP contribution in [0.2, 0.25) is 0 Å². The molecule has 0 unspecified atom stereocenters. The van der Waals surface area contributed by atoms with Gasteiger partial charge in [0.2, 0.25) is 5.91 Å². The van der Waals surface area contributed by atoms with Crippen LogP contribution in [0, 0.1) is 25.2 Å². The molecule has 0 saturated heterocycles. The minimum absolute atomic E-state index is 0.0448. The summed E-state index contributed by atoms with van der Waals surface area (Å²) in [6.45, 7) is 3.77. The highest BCUT2D eigenvalue weighted by atomic mass is 32.2. The number of amides is 1. The normalized spacial score (nSPS) is 10.7. The Morgan fingerprint density at radius 2 is 2.06 bits per heavy atom. The fourth-order valence-electron chi connectivity index (χ4n) is 3.25. The lowest BCUT2D eigenvalue weighted by molar-refractivity contribution is -0.113. The van der Waals surface area contributed by atoms with Gasteiger partial charge in [-0.25, -0.2) is 0 Å². The Kier molecular flexibility index (Phi) is 6.00. The van der Waals surface area contributed by atoms with Gasteiger partial charge in [-0.05, 0) is 55.8 Å². The van der Waals surface area contributed by atoms with Gasteiger partial charge in [0.1, 0.15) is 23.3 Å². The van der Waals surface area contributed by atoms with Crippen LogP contribution < -0.4 is 10.1 Å². The molecule has 10 heteroatoms. The molecule has 0 radical (unpaired) electrons. The predicted molar refractivity (Wildman–Crippen MR) is 120 cm³/mol. The first-order chi connectivity index (χ1) is 15.5. The first kappa shape index (κ1) is 21.3. The van der Waals surface area contributed by atoms with Gasteiger partial charge in [0.05, 0.1) is 18.4 Å². The van der Waals surface area contributed by atoms with Gasteiger partial charge in [-0.2, -0.15) is 5.26 Å². The lowest BCUT2D eigenvalue weighted by Gasteiger charge is -2.13. The second-order valence-electron chi connectivity index (χ2n) is 6.87. The SMILES string of the molecule is COc1ccc(-n2c(C)c(C)c(C#N)c2NC(=O)CSc2nnc(-c3ccc[nH]3)o2)cc1. The van der Waals surface area contributed by atoms with Crippen molar-refractivity contribution in [1.82, 2.24) is 19.7 Å². The summed E-state index contributed by atoms with van der Waals surface area (Å²) >= 11 is 1.12. The van der Waals surface area contributed by atoms with E-state index in [1.807, 2.05) is 54.8 Å². The number of anilines is 1. The second-order valence-corrected chi connectivity index (χ2v) is 7.80. The number of benzene rings is 1. The average molecular weight is 449 g/mol. The van der Waals surface area contributed by atoms with E-state index in [1.54, 1.807) is 13.3 Å². The zero-order valence-electron chi connectivity index (χ0n) is 17.7. The second kappa shape index (κ2) is 9.03. The van der Waals surface area contributed by atoms with Gasteiger partial charge in [-0.1, -0.05) is 11.8 Å². The zero-order valence-corrected chi connectivity index (χ0v) is 18.5. The fraction of sp³-hybridized carbons (Fsp3) is 0.182. The molecule has 32 heavy (non-hydrogen) atoms. The van der Waals surface area contributed by atoms with Crippen LogP contribution in [0.15, 0.2) is 52.2 Å². The van der Waals surface area contributed by atoms with Crippen LogP contribution in [0.3, 0.4) is 0 Å². The van der Waals surface area contributed by atoms with E-state index in [0.29, 0.717) is 23.0 Å². The topological polar surface area (TPSA) is 122 Å². The lowest BCUT2D eigenvalue weighted by atomic mass is 10.2. The number of thioether (sulfide) groups is 1. The number of aromatic amines is 1. The van der Waals surface area contributed by atoms with Crippen molar-refractivity contribution in [2.75, 3.05) is 18.2 Å². The molecule has 1 aromatic carbocycles. The summed E-state index contributed by atoms with van der Waals surface area (Å²) in [6, 6.07) is 13.2. The Labute approximate surface area is 188 Å². The highest BCUT2D eigenvalue weighted by Gasteiger charge is 2.21. The molecule has 9 nitrogen and oxygen atoms in total. The van der Waals surface area contributed by atoms with E-state index in [0.717, 1.165) is 34.5 Å². The molecule has 0 fully saturated rings. The van der Waals surface area contributed by atoms with E-state index in [-0.39, 0.29) is 16.9 Å². The Bertz CT molecular complexity index is 1280. The van der Waals surface area contributed by atoms with Gasteiger partial charge >= 0.3 is 0 Å². The minimum Gasteiger partial charge on any atom is -0.497 e. The van der Waals surface area contributed by atoms with Crippen LogP contribution >= 0.6 is 11.8 Å². The van der Waals surface area contributed by atoms with Crippen molar-refractivity contribution in [2.45, 2.75) is 19.1 Å². The van der Waals surface area contributed by atoms with E-state index in [9.17, 15) is 10.1 Å². The first-order valence-electron chi connectivity index (χ1n) is 9.68. The van der Waals surface area contributed by atoms with Crippen LogP contribution in [0.5, 0.6) is 5.75 Å². The van der Waals surface area contributed by atoms with Crippen LogP contribution in [-0.4, -0.2) is 38.5 Å². The van der Waals surface area contributed by atoms with Crippen molar-refractivity contribution in [3.8, 4) is 29.1 Å². The lowest BCUT2D eigenvalue weighted by Crippen LogP contribution is -2.17. The van der Waals surface area contributed by atoms with E-state index < -0.39 is 0 Å². The van der Waals surface area contributed by atoms with Gasteiger partial charge in [0, 0.05) is 17.6 Å². The number of methoxy groups -OCH3 is 1. The Hall–Kier alpha value is -3.97. The number of ether oxygens (including phenoxy) is 1. The molecule has 0 saturated carbocycles. The van der Waals surface area contributed by atoms with Crippen molar-refractivity contribution in [3.63, 3.8) is 0 Å². The summed E-state index contributed by atoms with van der Waals surface area (Å²) in [5.41, 5.74) is 3.60. The Balaban J connectivity index is 1.53. The van der Waals surface area contributed by atoms with Crippen LogP contribution in [-0.2, 0) is 4.79 Å². The molecule has 0 spiro atoms. The predicted octanol–water partition coefficient (Wildman–Crippen LogP) is 4.08. The van der Waals surface area contributed by atoms with E-state index >= 15 is 0 Å². The number of carbonyl (C=O) groups is 1. The minimum atomic E-state index is -0.293. The summed E-state index contributed by atoms with van der Waals surface area (Å²) in [5, 5.41) is 20.8. The third kappa shape index (κ3) is 4.10. The molecule has 0 aliphatic rings. The fourth-order valence-corrected chi connectivity index (χ4v) is 3.81. The number of rotatable bonds is 7. The standard InChI is InChI=1S/C22H20N6O3S/c1-13-14(2)28(15-6-8-16(30-3)9-7-15)20(17(13)11-23)25-19(29)12-32-22-27-26-21(31-22)18-5-4-10-24-18/h4-10,24H,12H2,1-3H3,(H,25,29). The molecular weight excluding hydrogens is 428 g/mol. The first-order valence-corrected chi connectivity index (χ1v) is 10.7. The maximum atomic E-state index is 12.7. The average Bonchev–Trinajstić information content (AvgIpc) is 3.54. The molecule has 3 heterocycles. The van der Waals surface area contributed by atoms with Crippen molar-refractivity contribution >= 4 is 23.5 Å². The van der Waals surface area contributed by atoms with Crippen LogP contribution in [0.4, 0.5) is 5.82 Å². The van der Waals surface area contributed by atoms with Gasteiger partial charge < -0.3 is 19.5 Å². The number of hydrogen-bond acceptors (Lipinski definition) is 7. The third-order valence-electron chi connectivity index (χ3n) is 4.98. The highest BCUT2D eigenvalue weighted by molar-refractivity contribution is 7.99. The zero-order chi connectivity index (χ0) is 22.7. The number of hydrogen-bond donors (Lipinski definition) is 2. The van der Waals surface area contributed by atoms with Crippen molar-refractivity contribution in [1.29, 1.82) is 5.26 Å². The molecule has 162 valence electrons. The number of nitrogens with one attached hydrogen (secondary N) is 2. The molecule has 3 aromatic heterocycles. The number of nitrogens with zero attached hydrogens (tertiary/aromatic N) is 4. The van der Waals surface area contributed by atoms with Crippen molar-refractivity contribution < 1.29 is 13.9 Å². The molecular formula is C22H20N6O3S. The summed E-state index contributed by atoms with van der Waals surface area (Å²) in [5.74, 6) is 1.25. The summed E-state index contributed by atoms with van der Waals surface area (Å²) in [4.78, 5) is 15.7. The summed E-state index contributed by atoms with van der Waals surface area (Å²) in [7, 11) is 1.60. The molecule has 4 rings (SSSR count). The largest absolute Gasteiger partial charge is 0.497 e. The molecule has 0 aliphatic carbocycles. The van der Waals surface area contributed by atoms with Crippen molar-refractivity contribution in [2.24, 2.45) is 0 Å². The number of aromatic nitrogens is 4. The molecule has 0 bridgehead atoms. The molecule has 4 aromatic rings. The van der Waals surface area contributed by atoms with E-state index in [2.05, 4.69) is 26.6 Å². The third-order valence-corrected chi connectivity index (χ3v) is 5.79. The molecule has 0 aliphatic heterocycles. The van der Waals surface area contributed by atoms with Crippen LogP contribution in [0.25, 0.3) is 17.3 Å². The highest BCUT2D eigenvalue weighted by Crippen LogP contribution is 2.31. The maximum Gasteiger partial charge on any atom is 0.277 e. The number of nitriles is 1. The quantitative estimate of drug-likeness (QED) is 0.408. The maximum absolute atomic E-state index is 12.7. The van der Waals surface area contributed by atoms with Gasteiger partial charge in [0.15, 0.2) is 0 Å². The molecule has 0 atom stereocenters. The van der Waals surface area contributed by atoms with Gasteiger partial charge in [0.25, 0.3) is 11.1 Å². The van der Waals surface area contributed by atoms with E-state index in [4.69, 9.17) is 9.15 Å². The molecule has 1 amide bonds. The number of H-pyrrole nitrogens is 1. The van der Waals surface area contributed by atoms with Crippen LogP contribution in [0.1, 0.15) is 16.8 Å². The number of carbonyl (C=O) groups excluding carboxylic acids is 1. The summed E-state index contributed by atoms with van der Waals surface area (Å²) < 4.78 is 12.6. The molecule has 2 N–H and O–H groups in total. The van der Waals surface area contributed by atoms with Gasteiger partial charge in [-0.15, -0.1) is 10.2 Å². The van der Waals surface area contributed by atoms with Crippen molar-refractivity contribution in [3.05, 3.63) is 59.4 Å². The Morgan fingerprint density at radius 3 is 2.72 bits per heavy atom. The smallest absolute Gasteiger partial charge is 0.277 e. The Morgan fingerprint density at radius 1 is 1.28 bits per heavy atom.